The lowest BCUT2D eigenvalue weighted by Crippen LogP contribution is -1.98. The van der Waals surface area contributed by atoms with Crippen LogP contribution in [0.5, 0.6) is 11.5 Å². The highest BCUT2D eigenvalue weighted by Gasteiger charge is 2.30. The largest absolute Gasteiger partial charge is 0.488 e. The number of hydrogen-bond donors (Lipinski definition) is 0. The molecule has 0 unspecified atom stereocenters. The van der Waals surface area contributed by atoms with Gasteiger partial charge in [-0.15, -0.1) is 0 Å². The van der Waals surface area contributed by atoms with Crippen molar-refractivity contribution in [3.8, 4) is 11.5 Å². The van der Waals surface area contributed by atoms with Gasteiger partial charge < -0.3 is 14.0 Å². The van der Waals surface area contributed by atoms with Crippen molar-refractivity contribution in [2.75, 3.05) is 0 Å². The van der Waals surface area contributed by atoms with Gasteiger partial charge in [-0.25, -0.2) is 4.39 Å². The van der Waals surface area contributed by atoms with Crippen LogP contribution in [0.2, 0.25) is 0 Å². The topological polar surface area (TPSA) is 40.5 Å². The Labute approximate surface area is 185 Å². The van der Waals surface area contributed by atoms with Crippen molar-refractivity contribution >= 4 is 22.8 Å². The molecule has 4 aromatic rings. The first-order valence-corrected chi connectivity index (χ1v) is 10.6. The average molecular weight is 427 g/mol. The maximum absolute atomic E-state index is 13.4. The fourth-order valence-corrected chi connectivity index (χ4v) is 4.11. The van der Waals surface area contributed by atoms with Crippen LogP contribution in [0.25, 0.3) is 17.0 Å². The zero-order chi connectivity index (χ0) is 22.2. The van der Waals surface area contributed by atoms with E-state index in [2.05, 4.69) is 17.6 Å². The summed E-state index contributed by atoms with van der Waals surface area (Å²) in [4.78, 5) is 13.0. The molecule has 5 heteroatoms. The van der Waals surface area contributed by atoms with Gasteiger partial charge in [0.1, 0.15) is 23.9 Å². The first-order chi connectivity index (χ1) is 15.5. The Morgan fingerprint density at radius 1 is 1.09 bits per heavy atom. The van der Waals surface area contributed by atoms with Gasteiger partial charge in [-0.05, 0) is 55.8 Å². The molecule has 160 valence electrons. The van der Waals surface area contributed by atoms with Gasteiger partial charge in [0, 0.05) is 34.8 Å². The molecule has 2 heterocycles. The number of rotatable bonds is 5. The molecular formula is C27H22FNO3. The first-order valence-electron chi connectivity index (χ1n) is 10.6. The second-order valence-electron chi connectivity index (χ2n) is 7.81. The van der Waals surface area contributed by atoms with E-state index in [4.69, 9.17) is 9.47 Å². The number of allylic oxidation sites excluding steroid dienone is 1. The van der Waals surface area contributed by atoms with Crippen LogP contribution >= 0.6 is 0 Å². The predicted octanol–water partition coefficient (Wildman–Crippen LogP) is 6.30. The zero-order valence-electron chi connectivity index (χ0n) is 17.9. The maximum atomic E-state index is 13.4. The molecule has 1 aromatic heterocycles. The highest BCUT2D eigenvalue weighted by molar-refractivity contribution is 6.15. The number of nitrogens with zero attached hydrogens (tertiary/aromatic N) is 1. The highest BCUT2D eigenvalue weighted by Crippen LogP contribution is 2.40. The SMILES string of the molecule is CCn1cc(/C=C2\Oc3c(ccc(OCc4cccc(F)c4)c3C)C2=O)c2ccccc21. The molecule has 0 fully saturated rings. The number of Topliss-reactive ketones (excluding diaryl/α,β-unsaturated/α-hetero) is 1. The Balaban J connectivity index is 1.44. The van der Waals surface area contributed by atoms with E-state index in [0.717, 1.165) is 34.1 Å². The van der Waals surface area contributed by atoms with Crippen molar-refractivity contribution in [2.45, 2.75) is 27.0 Å². The second kappa shape index (κ2) is 8.00. The standard InChI is InChI=1S/C27H22FNO3/c1-3-29-15-19(21-9-4-5-10-23(21)29)14-25-26(30)22-11-12-24(17(2)27(22)32-25)31-16-18-7-6-8-20(28)13-18/h4-15H,3,16H2,1-2H3/b25-14-. The predicted molar refractivity (Wildman–Crippen MR) is 122 cm³/mol. The van der Waals surface area contributed by atoms with Gasteiger partial charge in [-0.1, -0.05) is 30.3 Å². The van der Waals surface area contributed by atoms with Crippen LogP contribution in [0.15, 0.2) is 72.6 Å². The van der Waals surface area contributed by atoms with Crippen molar-refractivity contribution in [1.82, 2.24) is 4.57 Å². The lowest BCUT2D eigenvalue weighted by Gasteiger charge is -2.11. The summed E-state index contributed by atoms with van der Waals surface area (Å²) in [7, 11) is 0. The number of benzene rings is 3. The summed E-state index contributed by atoms with van der Waals surface area (Å²) < 4.78 is 27.5. The van der Waals surface area contributed by atoms with Gasteiger partial charge in [0.05, 0.1) is 5.56 Å². The molecule has 0 amide bonds. The molecule has 4 nitrogen and oxygen atoms in total. The zero-order valence-corrected chi connectivity index (χ0v) is 17.9. The molecule has 0 saturated carbocycles. The minimum atomic E-state index is -0.301. The van der Waals surface area contributed by atoms with E-state index in [0.29, 0.717) is 22.8 Å². The monoisotopic (exact) mass is 427 g/mol. The van der Waals surface area contributed by atoms with Gasteiger partial charge in [0.2, 0.25) is 5.78 Å². The third-order valence-electron chi connectivity index (χ3n) is 5.77. The van der Waals surface area contributed by atoms with Crippen LogP contribution in [0, 0.1) is 12.7 Å². The van der Waals surface area contributed by atoms with Crippen molar-refractivity contribution in [1.29, 1.82) is 0 Å². The van der Waals surface area contributed by atoms with Crippen molar-refractivity contribution in [3.63, 3.8) is 0 Å². The molecule has 32 heavy (non-hydrogen) atoms. The van der Waals surface area contributed by atoms with Crippen molar-refractivity contribution in [2.24, 2.45) is 0 Å². The number of fused-ring (bicyclic) bond motifs is 2. The van der Waals surface area contributed by atoms with E-state index >= 15 is 0 Å². The molecule has 3 aromatic carbocycles. The number of aryl methyl sites for hydroxylation is 1. The molecule has 5 rings (SSSR count). The van der Waals surface area contributed by atoms with E-state index in [1.54, 1.807) is 24.3 Å². The molecule has 0 atom stereocenters. The highest BCUT2D eigenvalue weighted by atomic mass is 19.1. The van der Waals surface area contributed by atoms with E-state index in [-0.39, 0.29) is 18.2 Å². The number of para-hydroxylation sites is 1. The van der Waals surface area contributed by atoms with Gasteiger partial charge >= 0.3 is 0 Å². The smallest absolute Gasteiger partial charge is 0.231 e. The normalized spacial score (nSPS) is 14.1. The molecule has 0 radical (unpaired) electrons. The van der Waals surface area contributed by atoms with Gasteiger partial charge in [0.25, 0.3) is 0 Å². The van der Waals surface area contributed by atoms with Gasteiger partial charge in [-0.3, -0.25) is 4.79 Å². The Bertz CT molecular complexity index is 1380. The third kappa shape index (κ3) is 3.46. The Morgan fingerprint density at radius 2 is 1.94 bits per heavy atom. The second-order valence-corrected chi connectivity index (χ2v) is 7.81. The summed E-state index contributed by atoms with van der Waals surface area (Å²) in [6, 6.07) is 17.9. The summed E-state index contributed by atoms with van der Waals surface area (Å²) >= 11 is 0. The van der Waals surface area contributed by atoms with Crippen molar-refractivity contribution in [3.05, 3.63) is 101 Å². The van der Waals surface area contributed by atoms with Crippen molar-refractivity contribution < 1.29 is 18.7 Å². The maximum Gasteiger partial charge on any atom is 0.231 e. The average Bonchev–Trinajstić information content (AvgIpc) is 3.32. The lowest BCUT2D eigenvalue weighted by atomic mass is 10.1. The quantitative estimate of drug-likeness (QED) is 0.351. The molecule has 0 aliphatic carbocycles. The van der Waals surface area contributed by atoms with E-state index in [1.165, 1.54) is 12.1 Å². The minimum absolute atomic E-state index is 0.145. The third-order valence-corrected chi connectivity index (χ3v) is 5.77. The van der Waals surface area contributed by atoms with Crippen LogP contribution in [-0.4, -0.2) is 10.4 Å². The molecule has 1 aliphatic heterocycles. The number of aromatic nitrogens is 1. The molecular weight excluding hydrogens is 405 g/mol. The number of ketones is 1. The summed E-state index contributed by atoms with van der Waals surface area (Å²) in [5.74, 6) is 0.962. The molecule has 0 spiro atoms. The Hall–Kier alpha value is -3.86. The van der Waals surface area contributed by atoms with E-state index in [9.17, 15) is 9.18 Å². The Kier molecular flexibility index (Phi) is 5.02. The molecule has 0 bridgehead atoms. The summed E-state index contributed by atoms with van der Waals surface area (Å²) in [5, 5.41) is 1.07. The summed E-state index contributed by atoms with van der Waals surface area (Å²) in [6.45, 7) is 5.01. The number of ether oxygens (including phenoxy) is 2. The molecule has 0 N–H and O–H groups in total. The number of carbonyl (C=O) groups excluding carboxylic acids is 1. The molecule has 1 aliphatic rings. The first kappa shape index (κ1) is 20.1. The van der Waals surface area contributed by atoms with Crippen LogP contribution in [0.1, 0.15) is 34.0 Å². The van der Waals surface area contributed by atoms with E-state index < -0.39 is 0 Å². The summed E-state index contributed by atoms with van der Waals surface area (Å²) in [6.07, 6.45) is 3.85. The fraction of sp³-hybridized carbons (Fsp3) is 0.148. The Morgan fingerprint density at radius 3 is 2.75 bits per heavy atom. The van der Waals surface area contributed by atoms with Gasteiger partial charge in [0.15, 0.2) is 5.76 Å². The minimum Gasteiger partial charge on any atom is -0.488 e. The number of carbonyl (C=O) groups is 1. The summed E-state index contributed by atoms with van der Waals surface area (Å²) in [5.41, 5.74) is 4.06. The van der Waals surface area contributed by atoms with E-state index in [1.807, 2.05) is 37.4 Å². The number of halogens is 1. The molecule has 0 saturated heterocycles. The van der Waals surface area contributed by atoms with Crippen LogP contribution in [0.3, 0.4) is 0 Å². The van der Waals surface area contributed by atoms with Crippen LogP contribution in [0.4, 0.5) is 4.39 Å². The lowest BCUT2D eigenvalue weighted by molar-refractivity contribution is 0.101. The number of hydrogen-bond acceptors (Lipinski definition) is 3. The fourth-order valence-electron chi connectivity index (χ4n) is 4.11. The van der Waals surface area contributed by atoms with Gasteiger partial charge in [-0.2, -0.15) is 0 Å². The van der Waals surface area contributed by atoms with Crippen LogP contribution < -0.4 is 9.47 Å². The van der Waals surface area contributed by atoms with Crippen LogP contribution in [-0.2, 0) is 13.2 Å².